The highest BCUT2D eigenvalue weighted by atomic mass is 35.5. The van der Waals surface area contributed by atoms with Crippen molar-refractivity contribution in [2.45, 2.75) is 12.5 Å². The van der Waals surface area contributed by atoms with Gasteiger partial charge < -0.3 is 15.4 Å². The van der Waals surface area contributed by atoms with Gasteiger partial charge in [0.15, 0.2) is 13.7 Å². The van der Waals surface area contributed by atoms with E-state index in [9.17, 15) is 4.79 Å². The van der Waals surface area contributed by atoms with Gasteiger partial charge in [0.2, 0.25) is 0 Å². The molecule has 2 radical (unpaired) electrons. The number of primary amides is 1. The van der Waals surface area contributed by atoms with Crippen molar-refractivity contribution in [2.75, 3.05) is 25.0 Å². The number of halogens is 1. The third kappa shape index (κ3) is 2.20. The van der Waals surface area contributed by atoms with Gasteiger partial charge in [-0.3, -0.25) is 9.48 Å². The third-order valence-corrected chi connectivity index (χ3v) is 3.62. The van der Waals surface area contributed by atoms with Gasteiger partial charge in [-0.25, -0.2) is 0 Å². The van der Waals surface area contributed by atoms with Crippen LogP contribution in [0.2, 0.25) is 5.02 Å². The molecule has 2 heterocycles. The number of hydrogen-bond acceptors (Lipinski definition) is 4. The molecule has 1 aromatic rings. The number of rotatable bonds is 3. The zero-order valence-electron chi connectivity index (χ0n) is 10.4. The Hall–Kier alpha value is -1.21. The van der Waals surface area contributed by atoms with E-state index in [1.807, 2.05) is 11.9 Å². The van der Waals surface area contributed by atoms with E-state index < -0.39 is 5.91 Å². The first-order chi connectivity index (χ1) is 8.41. The van der Waals surface area contributed by atoms with Gasteiger partial charge in [-0.1, -0.05) is 11.6 Å². The Morgan fingerprint density at radius 1 is 1.67 bits per heavy atom. The molecule has 2 rings (SSSR count). The third-order valence-electron chi connectivity index (χ3n) is 3.27. The summed E-state index contributed by atoms with van der Waals surface area (Å²) >= 11 is 6.16. The standard InChI is InChI=1S/C10H15BClN5O/c1-15(6-3-4-17(11)5-6)10-7(12)8(9(13)18)14-16(10)2/h6H,3-5H2,1-2H3,(H2,13,18)/t6-/m1/s1. The molecule has 0 aliphatic carbocycles. The van der Waals surface area contributed by atoms with Crippen molar-refractivity contribution in [3.05, 3.63) is 10.7 Å². The lowest BCUT2D eigenvalue weighted by molar-refractivity contribution is 0.0995. The average molecular weight is 268 g/mol. The first-order valence-electron chi connectivity index (χ1n) is 5.66. The van der Waals surface area contributed by atoms with Crippen LogP contribution in [0.4, 0.5) is 5.82 Å². The first-order valence-corrected chi connectivity index (χ1v) is 6.04. The molecule has 1 aliphatic rings. The van der Waals surface area contributed by atoms with Gasteiger partial charge in [0.05, 0.1) is 0 Å². The smallest absolute Gasteiger partial charge is 0.270 e. The molecule has 0 bridgehead atoms. The second kappa shape index (κ2) is 4.82. The predicted octanol–water partition coefficient (Wildman–Crippen LogP) is -0.234. The summed E-state index contributed by atoms with van der Waals surface area (Å²) in [5.74, 6) is 0.0629. The van der Waals surface area contributed by atoms with Crippen LogP contribution in [0.1, 0.15) is 16.9 Å². The number of aryl methyl sites for hydroxylation is 1. The van der Waals surface area contributed by atoms with Crippen LogP contribution in [0.15, 0.2) is 0 Å². The molecule has 0 aromatic carbocycles. The normalized spacial score (nSPS) is 20.3. The van der Waals surface area contributed by atoms with E-state index >= 15 is 0 Å². The molecule has 1 saturated heterocycles. The molecule has 1 aliphatic heterocycles. The number of likely N-dealkylation sites (N-methyl/N-ethyl adjacent to an activating group) is 1. The number of amides is 1. The van der Waals surface area contributed by atoms with Gasteiger partial charge in [-0.15, -0.1) is 0 Å². The largest absolute Gasteiger partial charge is 0.364 e. The van der Waals surface area contributed by atoms with Gasteiger partial charge in [0.1, 0.15) is 10.8 Å². The minimum Gasteiger partial charge on any atom is -0.364 e. The van der Waals surface area contributed by atoms with Crippen molar-refractivity contribution >= 4 is 31.3 Å². The Morgan fingerprint density at radius 3 is 2.78 bits per heavy atom. The van der Waals surface area contributed by atoms with Crippen LogP contribution < -0.4 is 10.6 Å². The first kappa shape index (κ1) is 13.2. The lowest BCUT2D eigenvalue weighted by Gasteiger charge is -2.26. The van der Waals surface area contributed by atoms with Crippen molar-refractivity contribution in [1.82, 2.24) is 14.6 Å². The Kier molecular flexibility index (Phi) is 3.54. The maximum absolute atomic E-state index is 11.2. The molecular formula is C10H15BClN5O. The van der Waals surface area contributed by atoms with Crippen molar-refractivity contribution in [3.63, 3.8) is 0 Å². The monoisotopic (exact) mass is 267 g/mol. The Labute approximate surface area is 112 Å². The predicted molar refractivity (Wildman–Crippen MR) is 70.9 cm³/mol. The highest BCUT2D eigenvalue weighted by Gasteiger charge is 2.28. The summed E-state index contributed by atoms with van der Waals surface area (Å²) in [7, 11) is 9.40. The van der Waals surface area contributed by atoms with Crippen molar-refractivity contribution in [2.24, 2.45) is 12.8 Å². The number of carbonyl (C=O) groups excluding carboxylic acids is 1. The molecule has 1 amide bonds. The summed E-state index contributed by atoms with van der Waals surface area (Å²) < 4.78 is 1.57. The summed E-state index contributed by atoms with van der Waals surface area (Å²) in [5.41, 5.74) is 5.33. The summed E-state index contributed by atoms with van der Waals surface area (Å²) in [5, 5.41) is 4.34. The van der Waals surface area contributed by atoms with E-state index in [1.54, 1.807) is 16.5 Å². The zero-order valence-corrected chi connectivity index (χ0v) is 11.2. The number of nitrogens with zero attached hydrogens (tertiary/aromatic N) is 4. The Morgan fingerprint density at radius 2 is 2.33 bits per heavy atom. The van der Waals surface area contributed by atoms with E-state index in [0.29, 0.717) is 10.8 Å². The van der Waals surface area contributed by atoms with Crippen LogP contribution >= 0.6 is 11.6 Å². The Bertz CT molecular complexity index is 477. The molecule has 0 spiro atoms. The quantitative estimate of drug-likeness (QED) is 0.768. The minimum absolute atomic E-state index is 0.101. The molecular weight excluding hydrogens is 252 g/mol. The highest BCUT2D eigenvalue weighted by Crippen LogP contribution is 2.30. The lowest BCUT2D eigenvalue weighted by atomic mass is 10.2. The zero-order chi connectivity index (χ0) is 13.4. The van der Waals surface area contributed by atoms with Crippen LogP contribution in [0.25, 0.3) is 0 Å². The van der Waals surface area contributed by atoms with Gasteiger partial charge >= 0.3 is 0 Å². The number of carbonyl (C=O) groups is 1. The van der Waals surface area contributed by atoms with E-state index in [2.05, 4.69) is 5.10 Å². The lowest BCUT2D eigenvalue weighted by Crippen LogP contribution is -2.35. The van der Waals surface area contributed by atoms with Crippen LogP contribution in [-0.4, -0.2) is 54.7 Å². The van der Waals surface area contributed by atoms with Crippen LogP contribution in [-0.2, 0) is 7.05 Å². The van der Waals surface area contributed by atoms with Crippen LogP contribution in [0, 0.1) is 0 Å². The van der Waals surface area contributed by atoms with Crippen molar-refractivity contribution < 1.29 is 4.79 Å². The minimum atomic E-state index is -0.623. The van der Waals surface area contributed by atoms with Crippen molar-refractivity contribution in [1.29, 1.82) is 0 Å². The number of anilines is 1. The van der Waals surface area contributed by atoms with Crippen LogP contribution in [0.3, 0.4) is 0 Å². The molecule has 8 heteroatoms. The molecule has 0 saturated carbocycles. The fourth-order valence-electron chi connectivity index (χ4n) is 2.29. The molecule has 1 aromatic heterocycles. The second-order valence-electron chi connectivity index (χ2n) is 4.52. The topological polar surface area (TPSA) is 67.4 Å². The average Bonchev–Trinajstić information content (AvgIpc) is 2.83. The molecule has 2 N–H and O–H groups in total. The van der Waals surface area contributed by atoms with Gasteiger partial charge in [0, 0.05) is 26.7 Å². The maximum Gasteiger partial charge on any atom is 0.270 e. The number of hydrogen-bond donors (Lipinski definition) is 1. The summed E-state index contributed by atoms with van der Waals surface area (Å²) in [6.07, 6.45) is 0.945. The highest BCUT2D eigenvalue weighted by molar-refractivity contribution is 6.36. The molecule has 6 nitrogen and oxygen atoms in total. The molecule has 18 heavy (non-hydrogen) atoms. The number of aromatic nitrogens is 2. The van der Waals surface area contributed by atoms with E-state index in [4.69, 9.17) is 25.3 Å². The van der Waals surface area contributed by atoms with E-state index in [0.717, 1.165) is 19.5 Å². The van der Waals surface area contributed by atoms with E-state index in [1.165, 1.54) is 0 Å². The SMILES string of the molecule is [B]N1CC[C@@H](N(C)c2c(Cl)c(C(N)=O)nn2C)C1. The fourth-order valence-corrected chi connectivity index (χ4v) is 2.67. The van der Waals surface area contributed by atoms with Crippen molar-refractivity contribution in [3.8, 4) is 0 Å². The second-order valence-corrected chi connectivity index (χ2v) is 4.90. The molecule has 1 atom stereocenters. The van der Waals surface area contributed by atoms with Crippen LogP contribution in [0.5, 0.6) is 0 Å². The Balaban J connectivity index is 2.30. The fraction of sp³-hybridized carbons (Fsp3) is 0.600. The van der Waals surface area contributed by atoms with E-state index in [-0.39, 0.29) is 11.7 Å². The summed E-state index contributed by atoms with van der Waals surface area (Å²) in [4.78, 5) is 15.0. The van der Waals surface area contributed by atoms with Gasteiger partial charge in [-0.2, -0.15) is 5.10 Å². The molecule has 0 unspecified atom stereocenters. The molecule has 1 fully saturated rings. The van der Waals surface area contributed by atoms with Gasteiger partial charge in [0.25, 0.3) is 5.91 Å². The number of nitrogens with two attached hydrogens (primary N) is 1. The molecule has 96 valence electrons. The summed E-state index contributed by atoms with van der Waals surface area (Å²) in [6, 6.07) is 0.253. The summed E-state index contributed by atoms with van der Waals surface area (Å²) in [6.45, 7) is 1.59. The maximum atomic E-state index is 11.2. The van der Waals surface area contributed by atoms with Gasteiger partial charge in [-0.05, 0) is 13.0 Å².